The van der Waals surface area contributed by atoms with E-state index in [0.717, 1.165) is 0 Å². The number of hydrogen-bond donors (Lipinski definition) is 2. The maximum absolute atomic E-state index is 12.2. The van der Waals surface area contributed by atoms with Crippen molar-refractivity contribution in [2.45, 2.75) is 18.9 Å². The molecule has 0 aromatic carbocycles. The number of nitrogens with one attached hydrogen (secondary N) is 1. The van der Waals surface area contributed by atoms with Crippen molar-refractivity contribution in [1.29, 1.82) is 0 Å². The van der Waals surface area contributed by atoms with E-state index in [9.17, 15) is 14.7 Å². The van der Waals surface area contributed by atoms with E-state index in [2.05, 4.69) is 5.32 Å². The number of carbonyl (C=O) groups is 2. The topological polar surface area (TPSA) is 78.9 Å². The van der Waals surface area contributed by atoms with Gasteiger partial charge >= 0.3 is 0 Å². The average molecular weight is 242 g/mol. The van der Waals surface area contributed by atoms with Crippen molar-refractivity contribution in [2.24, 2.45) is 5.92 Å². The summed E-state index contributed by atoms with van der Waals surface area (Å²) >= 11 is 0. The molecule has 2 unspecified atom stereocenters. The molecular weight excluding hydrogens is 224 g/mol. The van der Waals surface area contributed by atoms with Crippen molar-refractivity contribution in [2.75, 3.05) is 32.9 Å². The molecule has 2 saturated heterocycles. The van der Waals surface area contributed by atoms with Crippen molar-refractivity contribution < 1.29 is 19.4 Å². The van der Waals surface area contributed by atoms with Crippen LogP contribution in [-0.4, -0.2) is 60.8 Å². The largest absolute Gasteiger partial charge is 0.394 e. The molecule has 96 valence electrons. The van der Waals surface area contributed by atoms with Crippen LogP contribution in [0.15, 0.2) is 0 Å². The highest BCUT2D eigenvalue weighted by Gasteiger charge is 2.33. The number of piperidine rings is 1. The minimum absolute atomic E-state index is 0.00901. The van der Waals surface area contributed by atoms with Crippen LogP contribution in [0.3, 0.4) is 0 Å². The highest BCUT2D eigenvalue weighted by Crippen LogP contribution is 2.17. The Kier molecular flexibility index (Phi) is 3.96. The molecule has 0 radical (unpaired) electrons. The molecule has 2 N–H and O–H groups in total. The molecule has 2 atom stereocenters. The van der Waals surface area contributed by atoms with Crippen LogP contribution in [-0.2, 0) is 14.3 Å². The van der Waals surface area contributed by atoms with Gasteiger partial charge < -0.3 is 20.1 Å². The van der Waals surface area contributed by atoms with Gasteiger partial charge in [-0.2, -0.15) is 0 Å². The molecule has 0 bridgehead atoms. The van der Waals surface area contributed by atoms with Gasteiger partial charge in [-0.3, -0.25) is 9.59 Å². The van der Waals surface area contributed by atoms with E-state index >= 15 is 0 Å². The predicted molar refractivity (Wildman–Crippen MR) is 59.1 cm³/mol. The van der Waals surface area contributed by atoms with E-state index in [1.807, 2.05) is 0 Å². The second kappa shape index (κ2) is 5.46. The second-order valence-electron chi connectivity index (χ2n) is 4.48. The van der Waals surface area contributed by atoms with Gasteiger partial charge in [-0.1, -0.05) is 0 Å². The van der Waals surface area contributed by atoms with Crippen LogP contribution in [0.25, 0.3) is 0 Å². The van der Waals surface area contributed by atoms with Crippen molar-refractivity contribution in [3.05, 3.63) is 0 Å². The molecule has 17 heavy (non-hydrogen) atoms. The number of morpholine rings is 1. The molecule has 2 amide bonds. The van der Waals surface area contributed by atoms with E-state index in [4.69, 9.17) is 4.74 Å². The third-order valence-corrected chi connectivity index (χ3v) is 3.34. The summed E-state index contributed by atoms with van der Waals surface area (Å²) in [4.78, 5) is 25.0. The molecule has 6 nitrogen and oxygen atoms in total. The summed E-state index contributed by atoms with van der Waals surface area (Å²) in [5.74, 6) is -0.123. The number of nitrogens with zero attached hydrogens (tertiary/aromatic N) is 1. The number of hydrogen-bond acceptors (Lipinski definition) is 4. The summed E-state index contributed by atoms with van der Waals surface area (Å²) in [5.41, 5.74) is 0. The fourth-order valence-electron chi connectivity index (χ4n) is 2.27. The lowest BCUT2D eigenvalue weighted by Gasteiger charge is -2.37. The van der Waals surface area contributed by atoms with Crippen LogP contribution >= 0.6 is 0 Å². The molecule has 2 aliphatic rings. The number of amides is 2. The van der Waals surface area contributed by atoms with Gasteiger partial charge in [0.2, 0.25) is 11.8 Å². The van der Waals surface area contributed by atoms with Gasteiger partial charge in [0.05, 0.1) is 31.8 Å². The Bertz CT molecular complexity index is 298. The lowest BCUT2D eigenvalue weighted by atomic mass is 9.97. The minimum atomic E-state index is -0.242. The van der Waals surface area contributed by atoms with Gasteiger partial charge in [-0.15, -0.1) is 0 Å². The zero-order valence-corrected chi connectivity index (χ0v) is 9.72. The number of ether oxygens (including phenoxy) is 1. The molecule has 0 saturated carbocycles. The third-order valence-electron chi connectivity index (χ3n) is 3.34. The Balaban J connectivity index is 1.95. The molecule has 0 aromatic rings. The fraction of sp³-hybridized carbons (Fsp3) is 0.818. The Morgan fingerprint density at radius 2 is 2.41 bits per heavy atom. The highest BCUT2D eigenvalue weighted by molar-refractivity contribution is 5.84. The maximum Gasteiger partial charge on any atom is 0.227 e. The molecule has 2 aliphatic heterocycles. The zero-order valence-electron chi connectivity index (χ0n) is 9.72. The normalized spacial score (nSPS) is 29.9. The Morgan fingerprint density at radius 3 is 3.06 bits per heavy atom. The first kappa shape index (κ1) is 12.3. The summed E-state index contributed by atoms with van der Waals surface area (Å²) in [6.45, 7) is 1.76. The number of aliphatic hydroxyl groups excluding tert-OH is 1. The molecule has 2 rings (SSSR count). The first-order valence-corrected chi connectivity index (χ1v) is 5.98. The van der Waals surface area contributed by atoms with E-state index in [1.165, 1.54) is 0 Å². The Morgan fingerprint density at radius 1 is 1.59 bits per heavy atom. The summed E-state index contributed by atoms with van der Waals surface area (Å²) in [7, 11) is 0. The summed E-state index contributed by atoms with van der Waals surface area (Å²) in [5, 5.41) is 11.9. The second-order valence-corrected chi connectivity index (χ2v) is 4.48. The van der Waals surface area contributed by atoms with Crippen molar-refractivity contribution >= 4 is 11.8 Å². The van der Waals surface area contributed by atoms with Crippen LogP contribution in [0.5, 0.6) is 0 Å². The molecular formula is C11H18N2O4. The predicted octanol–water partition coefficient (Wildman–Crippen LogP) is -1.27. The molecule has 0 spiro atoms. The molecule has 2 fully saturated rings. The number of aliphatic hydroxyl groups is 1. The third kappa shape index (κ3) is 2.76. The van der Waals surface area contributed by atoms with Crippen LogP contribution in [0.1, 0.15) is 12.8 Å². The van der Waals surface area contributed by atoms with Gasteiger partial charge in [0.25, 0.3) is 0 Å². The number of carbonyl (C=O) groups excluding carboxylic acids is 2. The van der Waals surface area contributed by atoms with Crippen molar-refractivity contribution in [1.82, 2.24) is 10.2 Å². The first-order chi connectivity index (χ1) is 8.22. The zero-order chi connectivity index (χ0) is 12.3. The molecule has 0 aliphatic carbocycles. The van der Waals surface area contributed by atoms with Crippen molar-refractivity contribution in [3.63, 3.8) is 0 Å². The van der Waals surface area contributed by atoms with Gasteiger partial charge in [0.15, 0.2) is 0 Å². The van der Waals surface area contributed by atoms with E-state index < -0.39 is 0 Å². The van der Waals surface area contributed by atoms with Gasteiger partial charge in [-0.05, 0) is 6.42 Å². The minimum Gasteiger partial charge on any atom is -0.394 e. The van der Waals surface area contributed by atoms with Crippen molar-refractivity contribution in [3.8, 4) is 0 Å². The SMILES string of the molecule is O=C1CCC(C(=O)N2CCOCC2CO)CN1. The molecule has 6 heteroatoms. The lowest BCUT2D eigenvalue weighted by molar-refractivity contribution is -0.147. The van der Waals surface area contributed by atoms with E-state index in [1.54, 1.807) is 4.90 Å². The molecule has 0 aromatic heterocycles. The summed E-state index contributed by atoms with van der Waals surface area (Å²) in [6.07, 6.45) is 1.00. The maximum atomic E-state index is 12.2. The Labute approximate surface area is 99.9 Å². The summed E-state index contributed by atoms with van der Waals surface area (Å²) in [6, 6.07) is -0.242. The van der Waals surface area contributed by atoms with Gasteiger partial charge in [0, 0.05) is 19.5 Å². The standard InChI is InChI=1S/C11H18N2O4/c14-6-9-7-17-4-3-13(9)11(16)8-1-2-10(15)12-5-8/h8-9,14H,1-7H2,(H,12,15). The Hall–Kier alpha value is -1.14. The highest BCUT2D eigenvalue weighted by atomic mass is 16.5. The summed E-state index contributed by atoms with van der Waals surface area (Å²) < 4.78 is 5.23. The lowest BCUT2D eigenvalue weighted by Crippen LogP contribution is -2.54. The van der Waals surface area contributed by atoms with Crippen LogP contribution in [0.4, 0.5) is 0 Å². The van der Waals surface area contributed by atoms with Crippen LogP contribution in [0.2, 0.25) is 0 Å². The van der Waals surface area contributed by atoms with E-state index in [-0.39, 0.29) is 30.4 Å². The smallest absolute Gasteiger partial charge is 0.227 e. The fourth-order valence-corrected chi connectivity index (χ4v) is 2.27. The van der Waals surface area contributed by atoms with Gasteiger partial charge in [-0.25, -0.2) is 0 Å². The van der Waals surface area contributed by atoms with Crippen LogP contribution in [0, 0.1) is 5.92 Å². The first-order valence-electron chi connectivity index (χ1n) is 5.98. The average Bonchev–Trinajstić information content (AvgIpc) is 2.39. The van der Waals surface area contributed by atoms with Crippen LogP contribution < -0.4 is 5.32 Å². The monoisotopic (exact) mass is 242 g/mol. The number of rotatable bonds is 2. The van der Waals surface area contributed by atoms with Gasteiger partial charge in [0.1, 0.15) is 0 Å². The van der Waals surface area contributed by atoms with E-state index in [0.29, 0.717) is 39.1 Å². The quantitative estimate of drug-likeness (QED) is 0.633. The molecule has 2 heterocycles.